The van der Waals surface area contributed by atoms with E-state index in [2.05, 4.69) is 29.4 Å². The highest BCUT2D eigenvalue weighted by molar-refractivity contribution is 5.78. The summed E-state index contributed by atoms with van der Waals surface area (Å²) in [5.74, 6) is -0.181. The molecule has 0 spiro atoms. The van der Waals surface area contributed by atoms with Gasteiger partial charge in [-0.2, -0.15) is 0 Å². The number of fused-ring (bicyclic) bond motifs is 1. The lowest BCUT2D eigenvalue weighted by atomic mass is 9.51. The maximum atomic E-state index is 12.9. The first-order valence-electron chi connectivity index (χ1n) is 12.3. The van der Waals surface area contributed by atoms with E-state index in [0.717, 1.165) is 58.5 Å². The summed E-state index contributed by atoms with van der Waals surface area (Å²) in [7, 11) is 1.52. The number of hydrogen-bond donors (Lipinski definition) is 3. The molecule has 2 saturated carbocycles. The molecule has 0 aromatic carbocycles. The van der Waals surface area contributed by atoms with Crippen LogP contribution in [0, 0.1) is 29.1 Å². The number of carbonyl (C=O) groups is 2. The van der Waals surface area contributed by atoms with Gasteiger partial charge in [0.25, 0.3) is 0 Å². The van der Waals surface area contributed by atoms with Crippen LogP contribution < -0.4 is 10.6 Å². The zero-order chi connectivity index (χ0) is 23.3. The van der Waals surface area contributed by atoms with Crippen LogP contribution in [-0.4, -0.2) is 87.1 Å². The Morgan fingerprint density at radius 3 is 2.62 bits per heavy atom. The number of morpholine rings is 1. The van der Waals surface area contributed by atoms with Gasteiger partial charge in [-0.3, -0.25) is 14.5 Å². The molecule has 0 unspecified atom stereocenters. The molecule has 0 aromatic heterocycles. The Bertz CT molecular complexity index is 641. The number of aliphatic hydroxyl groups is 1. The molecule has 3 aliphatic rings. The van der Waals surface area contributed by atoms with Crippen molar-refractivity contribution in [1.29, 1.82) is 0 Å². The van der Waals surface area contributed by atoms with Crippen LogP contribution in [0.25, 0.3) is 0 Å². The van der Waals surface area contributed by atoms with Gasteiger partial charge in [-0.05, 0) is 48.9 Å². The molecule has 1 saturated heterocycles. The molecular weight excluding hydrogens is 410 g/mol. The van der Waals surface area contributed by atoms with Crippen molar-refractivity contribution < 1.29 is 24.2 Å². The van der Waals surface area contributed by atoms with Crippen LogP contribution in [0.4, 0.5) is 0 Å². The zero-order valence-electron chi connectivity index (χ0n) is 20.3. The number of rotatable bonds is 8. The largest absolute Gasteiger partial charge is 0.392 e. The average molecular weight is 454 g/mol. The second kappa shape index (κ2) is 11.3. The number of nitrogens with one attached hydrogen (secondary N) is 2. The van der Waals surface area contributed by atoms with E-state index in [4.69, 9.17) is 9.47 Å². The standard InChI is InChI=1S/C24H43N3O5/c1-16(23(30)25-9-10-27-11-13-32-14-12-27)18-5-7-24(3)8-6-19(26-20(28)15-31-4)17(2)21(24)22(18)29/h16-19,21-22,29H,5-15H2,1-4H3,(H,25,30)(H,26,28)/t16-,17+,18+,19-,21+,22-,24-/m0/s1. The molecule has 0 aromatic rings. The predicted molar refractivity (Wildman–Crippen MR) is 122 cm³/mol. The van der Waals surface area contributed by atoms with Crippen molar-refractivity contribution in [3.63, 3.8) is 0 Å². The van der Waals surface area contributed by atoms with Crippen molar-refractivity contribution in [2.45, 2.75) is 58.6 Å². The number of aliphatic hydroxyl groups excluding tert-OH is 1. The third kappa shape index (κ3) is 5.82. The Balaban J connectivity index is 1.57. The quantitative estimate of drug-likeness (QED) is 0.508. The maximum absolute atomic E-state index is 12.9. The van der Waals surface area contributed by atoms with Crippen LogP contribution in [0.5, 0.6) is 0 Å². The molecule has 8 heteroatoms. The van der Waals surface area contributed by atoms with Crippen molar-refractivity contribution in [3.05, 3.63) is 0 Å². The molecule has 3 rings (SSSR count). The molecule has 184 valence electrons. The first-order chi connectivity index (χ1) is 15.3. The van der Waals surface area contributed by atoms with Crippen molar-refractivity contribution in [1.82, 2.24) is 15.5 Å². The summed E-state index contributed by atoms with van der Waals surface area (Å²) >= 11 is 0. The zero-order valence-corrected chi connectivity index (χ0v) is 20.3. The summed E-state index contributed by atoms with van der Waals surface area (Å²) in [6, 6.07) is 0.0294. The molecule has 3 fully saturated rings. The van der Waals surface area contributed by atoms with Gasteiger partial charge in [0.15, 0.2) is 0 Å². The molecule has 0 radical (unpaired) electrons. The number of carbonyl (C=O) groups excluding carboxylic acids is 2. The molecule has 1 heterocycles. The van der Waals surface area contributed by atoms with Gasteiger partial charge in [0.1, 0.15) is 6.61 Å². The van der Waals surface area contributed by atoms with Crippen molar-refractivity contribution >= 4 is 11.8 Å². The molecule has 3 N–H and O–H groups in total. The van der Waals surface area contributed by atoms with Gasteiger partial charge in [-0.25, -0.2) is 0 Å². The van der Waals surface area contributed by atoms with E-state index < -0.39 is 6.10 Å². The molecule has 1 aliphatic heterocycles. The van der Waals surface area contributed by atoms with Gasteiger partial charge >= 0.3 is 0 Å². The number of hydrogen-bond acceptors (Lipinski definition) is 6. The van der Waals surface area contributed by atoms with Crippen LogP contribution in [0.1, 0.15) is 46.5 Å². The highest BCUT2D eigenvalue weighted by Gasteiger charge is 2.53. The summed E-state index contributed by atoms with van der Waals surface area (Å²) in [5.41, 5.74) is 0.0460. The Hall–Kier alpha value is -1.22. The fourth-order valence-corrected chi connectivity index (χ4v) is 6.39. The summed E-state index contributed by atoms with van der Waals surface area (Å²) in [6.45, 7) is 11.2. The monoisotopic (exact) mass is 453 g/mol. The molecule has 7 atom stereocenters. The fraction of sp³-hybridized carbons (Fsp3) is 0.917. The van der Waals surface area contributed by atoms with Gasteiger partial charge in [0.05, 0.1) is 19.3 Å². The minimum absolute atomic E-state index is 0.0272. The number of amides is 2. The van der Waals surface area contributed by atoms with Crippen molar-refractivity contribution in [2.75, 3.05) is 53.1 Å². The van der Waals surface area contributed by atoms with Gasteiger partial charge < -0.3 is 25.2 Å². The van der Waals surface area contributed by atoms with Crippen LogP contribution in [0.15, 0.2) is 0 Å². The van der Waals surface area contributed by atoms with E-state index in [0.29, 0.717) is 6.54 Å². The summed E-state index contributed by atoms with van der Waals surface area (Å²) in [5, 5.41) is 17.6. The Labute approximate surface area is 192 Å². The van der Waals surface area contributed by atoms with Crippen LogP contribution in [0.2, 0.25) is 0 Å². The van der Waals surface area contributed by atoms with E-state index in [1.54, 1.807) is 0 Å². The molecule has 32 heavy (non-hydrogen) atoms. The molecule has 2 amide bonds. The lowest BCUT2D eigenvalue weighted by Crippen LogP contribution is -2.58. The second-order valence-corrected chi connectivity index (χ2v) is 10.4. The van der Waals surface area contributed by atoms with E-state index in [1.807, 2.05) is 6.92 Å². The molecule has 2 aliphatic carbocycles. The van der Waals surface area contributed by atoms with Crippen molar-refractivity contribution in [2.24, 2.45) is 29.1 Å². The summed E-state index contributed by atoms with van der Waals surface area (Å²) < 4.78 is 10.3. The van der Waals surface area contributed by atoms with Gasteiger partial charge in [-0.15, -0.1) is 0 Å². The number of nitrogens with zero attached hydrogens (tertiary/aromatic N) is 1. The van der Waals surface area contributed by atoms with Gasteiger partial charge in [0.2, 0.25) is 11.8 Å². The lowest BCUT2D eigenvalue weighted by molar-refractivity contribution is -0.144. The first kappa shape index (κ1) is 25.4. The Morgan fingerprint density at radius 1 is 1.25 bits per heavy atom. The predicted octanol–water partition coefficient (Wildman–Crippen LogP) is 1.03. The van der Waals surface area contributed by atoms with Gasteiger partial charge in [-0.1, -0.05) is 20.8 Å². The molecule has 0 bridgehead atoms. The average Bonchev–Trinajstić information content (AvgIpc) is 2.76. The minimum Gasteiger partial charge on any atom is -0.392 e. The number of methoxy groups -OCH3 is 1. The van der Waals surface area contributed by atoms with E-state index in [9.17, 15) is 14.7 Å². The van der Waals surface area contributed by atoms with Crippen molar-refractivity contribution in [3.8, 4) is 0 Å². The van der Waals surface area contributed by atoms with Crippen LogP contribution >= 0.6 is 0 Å². The normalized spacial score (nSPS) is 36.7. The van der Waals surface area contributed by atoms with E-state index >= 15 is 0 Å². The van der Waals surface area contributed by atoms with Crippen LogP contribution in [0.3, 0.4) is 0 Å². The third-order valence-electron chi connectivity index (χ3n) is 8.40. The lowest BCUT2D eigenvalue weighted by Gasteiger charge is -2.56. The topological polar surface area (TPSA) is 100 Å². The maximum Gasteiger partial charge on any atom is 0.246 e. The second-order valence-electron chi connectivity index (χ2n) is 10.4. The molecular formula is C24H43N3O5. The smallest absolute Gasteiger partial charge is 0.246 e. The van der Waals surface area contributed by atoms with E-state index in [1.165, 1.54) is 7.11 Å². The Morgan fingerprint density at radius 2 is 1.94 bits per heavy atom. The third-order valence-corrected chi connectivity index (χ3v) is 8.40. The van der Waals surface area contributed by atoms with E-state index in [-0.39, 0.29) is 53.5 Å². The first-order valence-corrected chi connectivity index (χ1v) is 12.3. The minimum atomic E-state index is -0.550. The summed E-state index contributed by atoms with van der Waals surface area (Å²) in [4.78, 5) is 27.3. The highest BCUT2D eigenvalue weighted by Crippen LogP contribution is 2.55. The SMILES string of the molecule is COCC(=O)N[C@H]1CC[C@]2(C)CC[C@H]([C@H](C)C(=O)NCCN3CCOCC3)[C@H](O)[C@H]2[C@@H]1C. The summed E-state index contributed by atoms with van der Waals surface area (Å²) in [6.07, 6.45) is 3.21. The fourth-order valence-electron chi connectivity index (χ4n) is 6.39. The van der Waals surface area contributed by atoms with Crippen LogP contribution in [-0.2, 0) is 19.1 Å². The molecule has 8 nitrogen and oxygen atoms in total. The number of ether oxygens (including phenoxy) is 2. The van der Waals surface area contributed by atoms with Gasteiger partial charge in [0, 0.05) is 45.2 Å². The highest BCUT2D eigenvalue weighted by atomic mass is 16.5. The Kier molecular flexibility index (Phi) is 8.95.